The number of hydrogen-bond acceptors (Lipinski definition) is 8. The Morgan fingerprint density at radius 2 is 1.38 bits per heavy atom. The Bertz CT molecular complexity index is 799. The lowest BCUT2D eigenvalue weighted by atomic mass is 9.80. The second kappa shape index (κ2) is 18.5. The molecule has 4 unspecified atom stereocenters. The smallest absolute Gasteiger partial charge is 0.233 e. The predicted molar refractivity (Wildman–Crippen MR) is 173 cm³/mol. The highest BCUT2D eigenvalue weighted by atomic mass is 32.3. The Hall–Kier alpha value is -0.950. The van der Waals surface area contributed by atoms with E-state index in [1.807, 2.05) is 23.5 Å². The zero-order valence-corrected chi connectivity index (χ0v) is 26.5. The molecule has 0 heterocycles. The van der Waals surface area contributed by atoms with Gasteiger partial charge in [-0.05, 0) is 69.8 Å². The van der Waals surface area contributed by atoms with Crippen LogP contribution in [0.5, 0.6) is 0 Å². The first-order valence-corrected chi connectivity index (χ1v) is 19.1. The lowest BCUT2D eigenvalue weighted by molar-refractivity contribution is -0.120. The quantitative estimate of drug-likeness (QED) is 0.0600. The van der Waals surface area contributed by atoms with Crippen molar-refractivity contribution < 1.29 is 9.59 Å². The molecular weight excluding hydrogens is 551 g/mol. The Balaban J connectivity index is 1.49. The number of nitrogens with two attached hydrogens (primary N) is 2. The number of carbonyl (C=O) groups excluding carboxylic acids is 2. The van der Waals surface area contributed by atoms with Crippen molar-refractivity contribution in [1.29, 1.82) is 10.8 Å². The van der Waals surface area contributed by atoms with Gasteiger partial charge in [0.15, 0.2) is 0 Å². The lowest BCUT2D eigenvalue weighted by Gasteiger charge is -2.51. The number of carbonyl (C=O) groups is 2. The summed E-state index contributed by atoms with van der Waals surface area (Å²) in [5.41, 5.74) is 11.5. The molecule has 0 saturated heterocycles. The molecule has 4 atom stereocenters. The van der Waals surface area contributed by atoms with Gasteiger partial charge in [0.05, 0.1) is 13.1 Å². The maximum absolute atomic E-state index is 11.3. The molecule has 2 rings (SSSR count). The van der Waals surface area contributed by atoms with Crippen LogP contribution in [-0.2, 0) is 9.59 Å². The molecule has 2 fully saturated rings. The van der Waals surface area contributed by atoms with Gasteiger partial charge in [0.1, 0.15) is 5.84 Å². The van der Waals surface area contributed by atoms with Gasteiger partial charge >= 0.3 is 0 Å². The largest absolute Gasteiger partial charge is 0.354 e. The fourth-order valence-corrected chi connectivity index (χ4v) is 11.2. The molecule has 2 aliphatic rings. The summed E-state index contributed by atoms with van der Waals surface area (Å²) in [6.07, 6.45) is 16.4. The Morgan fingerprint density at radius 3 is 1.90 bits per heavy atom. The van der Waals surface area contributed by atoms with Gasteiger partial charge in [0, 0.05) is 52.5 Å². The van der Waals surface area contributed by atoms with E-state index in [-0.39, 0.29) is 24.9 Å². The second-order valence-electron chi connectivity index (χ2n) is 11.1. The summed E-state index contributed by atoms with van der Waals surface area (Å²) in [5, 5.41) is 24.4. The number of amidine groups is 1. The van der Waals surface area contributed by atoms with E-state index in [0.29, 0.717) is 40.6 Å². The van der Waals surface area contributed by atoms with E-state index in [9.17, 15) is 9.59 Å². The van der Waals surface area contributed by atoms with Crippen molar-refractivity contribution in [3.8, 4) is 0 Å². The van der Waals surface area contributed by atoms with Crippen LogP contribution in [0.4, 0.5) is 0 Å². The van der Waals surface area contributed by atoms with Crippen LogP contribution in [0.15, 0.2) is 0 Å². The van der Waals surface area contributed by atoms with Gasteiger partial charge in [-0.15, -0.1) is 0 Å². The maximum atomic E-state index is 11.3. The lowest BCUT2D eigenvalue weighted by Crippen LogP contribution is -2.45. The zero-order valence-electron chi connectivity index (χ0n) is 24.0. The topological polar surface area (TPSA) is 170 Å². The van der Waals surface area contributed by atoms with Crippen molar-refractivity contribution in [3.63, 3.8) is 0 Å². The summed E-state index contributed by atoms with van der Waals surface area (Å²) >= 11 is 3.86. The molecule has 0 radical (unpaired) electrons. The van der Waals surface area contributed by atoms with Crippen molar-refractivity contribution in [2.75, 3.05) is 50.2 Å². The minimum absolute atomic E-state index is 0.0467. The standard InChI is InChI=1S/C27H53N7O2S3/c1-39(2,24-12-11-23(24)38-16-14-33-27(36)19-29)34-25(31)8-6-4-3-5-7-21(30)17-20-9-10-22(20)37-15-13-32-26(35)18-28/h20,22-24,30H,3-19,28-29H2,1-2H3,(H2,31,34)(H,32,35)(H,33,36). The highest BCUT2D eigenvalue weighted by molar-refractivity contribution is 8.32. The Kier molecular flexibility index (Phi) is 16.2. The van der Waals surface area contributed by atoms with Crippen LogP contribution in [-0.4, -0.2) is 89.3 Å². The summed E-state index contributed by atoms with van der Waals surface area (Å²) in [5.74, 6) is 2.93. The molecule has 226 valence electrons. The number of unbranched alkanes of at least 4 members (excludes halogenated alkanes) is 3. The van der Waals surface area contributed by atoms with Gasteiger partial charge in [-0.25, -0.2) is 0 Å². The van der Waals surface area contributed by atoms with Crippen molar-refractivity contribution in [2.24, 2.45) is 17.4 Å². The molecule has 39 heavy (non-hydrogen) atoms. The zero-order chi connectivity index (χ0) is 28.7. The second-order valence-corrected chi connectivity index (χ2v) is 17.4. The minimum Gasteiger partial charge on any atom is -0.354 e. The van der Waals surface area contributed by atoms with Crippen LogP contribution in [0.25, 0.3) is 0 Å². The normalized spacial score (nSPS) is 22.8. The molecular formula is C27H53N7O2S3. The molecule has 0 aliphatic heterocycles. The van der Waals surface area contributed by atoms with Gasteiger partial charge in [0.25, 0.3) is 0 Å². The van der Waals surface area contributed by atoms with Crippen LogP contribution in [0.2, 0.25) is 0 Å². The minimum atomic E-state index is -1.07. The molecule has 0 aromatic carbocycles. The van der Waals surface area contributed by atoms with Crippen LogP contribution < -0.4 is 26.8 Å². The van der Waals surface area contributed by atoms with E-state index < -0.39 is 10.2 Å². The fraction of sp³-hybridized carbons (Fsp3) is 0.852. The van der Waals surface area contributed by atoms with Gasteiger partial charge in [-0.2, -0.15) is 33.7 Å². The van der Waals surface area contributed by atoms with Gasteiger partial charge in [-0.3, -0.25) is 15.0 Å². The van der Waals surface area contributed by atoms with E-state index in [4.69, 9.17) is 22.3 Å². The predicted octanol–water partition coefficient (Wildman–Crippen LogP) is 3.21. The Labute approximate surface area is 246 Å². The summed E-state index contributed by atoms with van der Waals surface area (Å²) < 4.78 is 3.59. The number of nitrogens with one attached hydrogen (secondary N) is 5. The summed E-state index contributed by atoms with van der Waals surface area (Å²) in [6, 6.07) is 0. The van der Waals surface area contributed by atoms with Crippen molar-refractivity contribution in [2.45, 2.75) is 86.4 Å². The molecule has 9 nitrogen and oxygen atoms in total. The molecule has 0 aromatic rings. The highest BCUT2D eigenvalue weighted by Gasteiger charge is 2.39. The van der Waals surface area contributed by atoms with Crippen molar-refractivity contribution in [3.05, 3.63) is 0 Å². The third-order valence-electron chi connectivity index (χ3n) is 7.69. The third-order valence-corrected chi connectivity index (χ3v) is 13.6. The van der Waals surface area contributed by atoms with Crippen molar-refractivity contribution >= 4 is 57.1 Å². The number of thioether (sulfide) groups is 2. The number of rotatable bonds is 21. The summed E-state index contributed by atoms with van der Waals surface area (Å²) in [6.45, 7) is 1.44. The first-order valence-electron chi connectivity index (χ1n) is 14.5. The Morgan fingerprint density at radius 1 is 0.821 bits per heavy atom. The highest BCUT2D eigenvalue weighted by Crippen LogP contribution is 2.54. The van der Waals surface area contributed by atoms with E-state index in [0.717, 1.165) is 62.2 Å². The third kappa shape index (κ3) is 13.1. The average Bonchev–Trinajstić information content (AvgIpc) is 2.86. The summed E-state index contributed by atoms with van der Waals surface area (Å²) in [7, 11) is -1.07. The number of hydrogen-bond donors (Lipinski definition) is 7. The van der Waals surface area contributed by atoms with E-state index in [2.05, 4.69) is 27.9 Å². The molecule has 2 saturated carbocycles. The molecule has 9 N–H and O–H groups in total. The first kappa shape index (κ1) is 34.3. The molecule has 0 aromatic heterocycles. The number of amides is 2. The van der Waals surface area contributed by atoms with Gasteiger partial charge < -0.3 is 32.2 Å². The monoisotopic (exact) mass is 603 g/mol. The van der Waals surface area contributed by atoms with Gasteiger partial charge in [-0.1, -0.05) is 12.8 Å². The van der Waals surface area contributed by atoms with Crippen LogP contribution in [0.3, 0.4) is 0 Å². The average molecular weight is 604 g/mol. The van der Waals surface area contributed by atoms with E-state index >= 15 is 0 Å². The van der Waals surface area contributed by atoms with Crippen LogP contribution >= 0.6 is 33.7 Å². The maximum Gasteiger partial charge on any atom is 0.233 e. The molecule has 12 heteroatoms. The van der Waals surface area contributed by atoms with Crippen LogP contribution in [0, 0.1) is 16.7 Å². The van der Waals surface area contributed by atoms with Crippen LogP contribution in [0.1, 0.15) is 70.6 Å². The van der Waals surface area contributed by atoms with Gasteiger partial charge in [0.2, 0.25) is 11.8 Å². The summed E-state index contributed by atoms with van der Waals surface area (Å²) in [4.78, 5) is 22.5. The van der Waals surface area contributed by atoms with E-state index in [1.165, 1.54) is 25.7 Å². The molecule has 2 aliphatic carbocycles. The SMILES string of the molecule is CS(C)(NC(=N)CCCCCCC(=N)CC1CCC1SCCNC(=O)CN)C1CCC1SCCNC(=O)CN. The molecule has 0 spiro atoms. The first-order chi connectivity index (χ1) is 18.7. The fourth-order valence-electron chi connectivity index (χ4n) is 5.10. The van der Waals surface area contributed by atoms with Crippen molar-refractivity contribution in [1.82, 2.24) is 15.4 Å². The molecule has 2 amide bonds. The van der Waals surface area contributed by atoms with E-state index in [1.54, 1.807) is 0 Å². The molecule has 0 bridgehead atoms.